The van der Waals surface area contributed by atoms with Crippen molar-refractivity contribution in [2.45, 2.75) is 13.5 Å². The Hall–Kier alpha value is -2.03. The first kappa shape index (κ1) is 10.5. The molecule has 1 aromatic carbocycles. The smallest absolute Gasteiger partial charge is 0.120 e. The number of nitrogens with one attached hydrogen (secondary N) is 1. The van der Waals surface area contributed by atoms with Crippen LogP contribution >= 0.6 is 0 Å². The Balaban J connectivity index is 2.02. The molecule has 0 aliphatic heterocycles. The average molecular weight is 214 g/mol. The van der Waals surface area contributed by atoms with Crippen LogP contribution in [0.1, 0.15) is 11.3 Å². The van der Waals surface area contributed by atoms with Gasteiger partial charge in [0.05, 0.1) is 11.9 Å². The van der Waals surface area contributed by atoms with E-state index in [-0.39, 0.29) is 0 Å². The van der Waals surface area contributed by atoms with Crippen LogP contribution in [0.3, 0.4) is 0 Å². The lowest BCUT2D eigenvalue weighted by Gasteiger charge is -2.07. The van der Waals surface area contributed by atoms with Gasteiger partial charge in [0.1, 0.15) is 5.75 Å². The molecule has 2 rings (SSSR count). The topological polar surface area (TPSA) is 45.1 Å². The average Bonchev–Trinajstić information content (AvgIpc) is 2.30. The number of aromatic hydroxyl groups is 1. The summed E-state index contributed by atoms with van der Waals surface area (Å²) < 4.78 is 0. The molecule has 82 valence electrons. The van der Waals surface area contributed by atoms with Crippen LogP contribution in [0.15, 0.2) is 42.6 Å². The Morgan fingerprint density at radius 2 is 2.00 bits per heavy atom. The van der Waals surface area contributed by atoms with Gasteiger partial charge in [-0.1, -0.05) is 18.2 Å². The van der Waals surface area contributed by atoms with E-state index in [0.29, 0.717) is 12.3 Å². The summed E-state index contributed by atoms with van der Waals surface area (Å²) in [5.74, 6) is 0.315. The van der Waals surface area contributed by atoms with E-state index >= 15 is 0 Å². The van der Waals surface area contributed by atoms with Crippen molar-refractivity contribution in [3.8, 4) is 5.75 Å². The Morgan fingerprint density at radius 1 is 1.19 bits per heavy atom. The van der Waals surface area contributed by atoms with Gasteiger partial charge in [-0.3, -0.25) is 4.98 Å². The van der Waals surface area contributed by atoms with E-state index in [9.17, 15) is 5.11 Å². The van der Waals surface area contributed by atoms with Gasteiger partial charge in [-0.05, 0) is 25.1 Å². The summed E-state index contributed by atoms with van der Waals surface area (Å²) in [6, 6.07) is 11.2. The maximum Gasteiger partial charge on any atom is 0.120 e. The van der Waals surface area contributed by atoms with E-state index in [1.807, 2.05) is 37.3 Å². The van der Waals surface area contributed by atoms with Crippen LogP contribution in [0.5, 0.6) is 5.75 Å². The maximum atomic E-state index is 9.58. The van der Waals surface area contributed by atoms with E-state index in [0.717, 1.165) is 16.9 Å². The predicted molar refractivity (Wildman–Crippen MR) is 64.4 cm³/mol. The van der Waals surface area contributed by atoms with Gasteiger partial charge >= 0.3 is 0 Å². The number of hydrogen-bond donors (Lipinski definition) is 2. The summed E-state index contributed by atoms with van der Waals surface area (Å²) in [5.41, 5.74) is 2.82. The van der Waals surface area contributed by atoms with Gasteiger partial charge in [-0.25, -0.2) is 0 Å². The molecule has 0 unspecified atom stereocenters. The van der Waals surface area contributed by atoms with Gasteiger partial charge in [0, 0.05) is 17.8 Å². The predicted octanol–water partition coefficient (Wildman–Crippen LogP) is 2.71. The third-order valence-corrected chi connectivity index (χ3v) is 2.39. The van der Waals surface area contributed by atoms with Crippen LogP contribution in [-0.4, -0.2) is 10.1 Å². The molecule has 0 spiro atoms. The van der Waals surface area contributed by atoms with Gasteiger partial charge in [0.15, 0.2) is 0 Å². The second-order valence-electron chi connectivity index (χ2n) is 3.67. The highest BCUT2D eigenvalue weighted by Crippen LogP contribution is 2.17. The molecule has 0 aliphatic carbocycles. The van der Waals surface area contributed by atoms with Crippen LogP contribution in [0, 0.1) is 6.92 Å². The fourth-order valence-electron chi connectivity index (χ4n) is 1.43. The molecule has 2 aromatic rings. The molecule has 3 heteroatoms. The molecular formula is C13H14N2O. The van der Waals surface area contributed by atoms with Gasteiger partial charge in [-0.15, -0.1) is 0 Å². The molecule has 0 saturated carbocycles. The molecule has 3 nitrogen and oxygen atoms in total. The lowest BCUT2D eigenvalue weighted by atomic mass is 10.2. The van der Waals surface area contributed by atoms with E-state index in [1.165, 1.54) is 0 Å². The second kappa shape index (κ2) is 4.66. The number of nitrogens with zero attached hydrogens (tertiary/aromatic N) is 1. The van der Waals surface area contributed by atoms with Gasteiger partial charge in [0.2, 0.25) is 0 Å². The van der Waals surface area contributed by atoms with Crippen LogP contribution in [0.4, 0.5) is 5.69 Å². The summed E-state index contributed by atoms with van der Waals surface area (Å²) in [7, 11) is 0. The summed E-state index contributed by atoms with van der Waals surface area (Å²) in [6.07, 6.45) is 1.79. The van der Waals surface area contributed by atoms with Crippen molar-refractivity contribution in [3.05, 3.63) is 53.9 Å². The minimum atomic E-state index is 0.315. The van der Waals surface area contributed by atoms with Crippen molar-refractivity contribution < 1.29 is 5.11 Å². The van der Waals surface area contributed by atoms with Crippen LogP contribution in [-0.2, 0) is 6.54 Å². The zero-order valence-electron chi connectivity index (χ0n) is 9.14. The first-order valence-corrected chi connectivity index (χ1v) is 5.19. The highest BCUT2D eigenvalue weighted by Gasteiger charge is 1.99. The standard InChI is InChI=1S/C13H14N2O/c1-10-6-7-12(9-14-10)15-8-11-4-2-3-5-13(11)16/h2-7,9,15-16H,8H2,1H3. The maximum absolute atomic E-state index is 9.58. The number of rotatable bonds is 3. The Morgan fingerprint density at radius 3 is 2.69 bits per heavy atom. The van der Waals surface area contributed by atoms with Crippen molar-refractivity contribution in [1.82, 2.24) is 4.98 Å². The van der Waals surface area contributed by atoms with E-state index < -0.39 is 0 Å². The van der Waals surface area contributed by atoms with Crippen molar-refractivity contribution >= 4 is 5.69 Å². The number of benzene rings is 1. The molecule has 0 saturated heterocycles. The minimum absolute atomic E-state index is 0.315. The third kappa shape index (κ3) is 2.51. The van der Waals surface area contributed by atoms with E-state index in [4.69, 9.17) is 0 Å². The molecule has 0 fully saturated rings. The molecule has 1 heterocycles. The van der Waals surface area contributed by atoms with Crippen molar-refractivity contribution in [1.29, 1.82) is 0 Å². The third-order valence-electron chi connectivity index (χ3n) is 2.39. The monoisotopic (exact) mass is 214 g/mol. The van der Waals surface area contributed by atoms with Gasteiger partial charge in [0.25, 0.3) is 0 Å². The fourth-order valence-corrected chi connectivity index (χ4v) is 1.43. The fraction of sp³-hybridized carbons (Fsp3) is 0.154. The number of hydrogen-bond acceptors (Lipinski definition) is 3. The van der Waals surface area contributed by atoms with E-state index in [2.05, 4.69) is 10.3 Å². The lowest BCUT2D eigenvalue weighted by Crippen LogP contribution is -2.00. The second-order valence-corrected chi connectivity index (χ2v) is 3.67. The molecule has 0 radical (unpaired) electrons. The highest BCUT2D eigenvalue weighted by molar-refractivity contribution is 5.43. The molecule has 0 bridgehead atoms. The molecule has 16 heavy (non-hydrogen) atoms. The number of phenolic OH excluding ortho intramolecular Hbond substituents is 1. The molecule has 0 aliphatic rings. The minimum Gasteiger partial charge on any atom is -0.508 e. The zero-order chi connectivity index (χ0) is 11.4. The number of aryl methyl sites for hydroxylation is 1. The van der Waals surface area contributed by atoms with E-state index in [1.54, 1.807) is 12.3 Å². The Kier molecular flexibility index (Phi) is 3.05. The van der Waals surface area contributed by atoms with Crippen LogP contribution < -0.4 is 5.32 Å². The Bertz CT molecular complexity index is 466. The first-order chi connectivity index (χ1) is 7.75. The molecule has 2 N–H and O–H groups in total. The normalized spacial score (nSPS) is 10.1. The van der Waals surface area contributed by atoms with Crippen LogP contribution in [0.2, 0.25) is 0 Å². The van der Waals surface area contributed by atoms with Gasteiger partial charge in [-0.2, -0.15) is 0 Å². The summed E-state index contributed by atoms with van der Waals surface area (Å²) in [4.78, 5) is 4.19. The molecule has 0 atom stereocenters. The lowest BCUT2D eigenvalue weighted by molar-refractivity contribution is 0.469. The summed E-state index contributed by atoms with van der Waals surface area (Å²) in [5, 5.41) is 12.8. The number of phenols is 1. The number of para-hydroxylation sites is 1. The Labute approximate surface area is 94.8 Å². The quantitative estimate of drug-likeness (QED) is 0.825. The number of pyridine rings is 1. The molecule has 0 amide bonds. The number of anilines is 1. The van der Waals surface area contributed by atoms with Crippen molar-refractivity contribution in [2.75, 3.05) is 5.32 Å². The van der Waals surface area contributed by atoms with Crippen molar-refractivity contribution in [3.63, 3.8) is 0 Å². The highest BCUT2D eigenvalue weighted by atomic mass is 16.3. The SMILES string of the molecule is Cc1ccc(NCc2ccccc2O)cn1. The summed E-state index contributed by atoms with van der Waals surface area (Å²) in [6.45, 7) is 2.55. The molecular weight excluding hydrogens is 200 g/mol. The van der Waals surface area contributed by atoms with Crippen molar-refractivity contribution in [2.24, 2.45) is 0 Å². The largest absolute Gasteiger partial charge is 0.508 e. The van der Waals surface area contributed by atoms with Gasteiger partial charge < -0.3 is 10.4 Å². The van der Waals surface area contributed by atoms with Crippen LogP contribution in [0.25, 0.3) is 0 Å². The summed E-state index contributed by atoms with van der Waals surface area (Å²) >= 11 is 0. The number of aromatic nitrogens is 1. The zero-order valence-corrected chi connectivity index (χ0v) is 9.14. The molecule has 1 aromatic heterocycles. The first-order valence-electron chi connectivity index (χ1n) is 5.19.